The van der Waals surface area contributed by atoms with E-state index in [-0.39, 0.29) is 5.54 Å². The summed E-state index contributed by atoms with van der Waals surface area (Å²) in [7, 11) is 1.89. The zero-order valence-electron chi connectivity index (χ0n) is 8.52. The molecular weight excluding hydrogens is 178 g/mol. The fraction of sp³-hybridized carbons (Fsp3) is 0.444. The maximum absolute atomic E-state index is 4.21. The van der Waals surface area contributed by atoms with Gasteiger partial charge in [-0.05, 0) is 33.0 Å². The highest BCUT2D eigenvalue weighted by Crippen LogP contribution is 2.16. The van der Waals surface area contributed by atoms with Gasteiger partial charge in [-0.1, -0.05) is 0 Å². The maximum atomic E-state index is 4.21. The molecule has 0 radical (unpaired) electrons. The summed E-state index contributed by atoms with van der Waals surface area (Å²) in [6, 6.07) is 3.73. The molecule has 2 rings (SSSR count). The Morgan fingerprint density at radius 1 is 1.36 bits per heavy atom. The van der Waals surface area contributed by atoms with E-state index in [2.05, 4.69) is 20.6 Å². The Balaban J connectivity index is 2.64. The number of nitrogens with one attached hydrogen (secondary N) is 1. The van der Waals surface area contributed by atoms with Crippen molar-refractivity contribution in [2.75, 3.05) is 7.05 Å². The van der Waals surface area contributed by atoms with Gasteiger partial charge in [-0.15, -0.1) is 10.2 Å². The van der Waals surface area contributed by atoms with Crippen LogP contribution in [0.3, 0.4) is 0 Å². The highest BCUT2D eigenvalue weighted by molar-refractivity contribution is 5.35. The molecule has 14 heavy (non-hydrogen) atoms. The molecule has 0 aliphatic carbocycles. The smallest absolute Gasteiger partial charge is 0.177 e. The van der Waals surface area contributed by atoms with Gasteiger partial charge in [-0.25, -0.2) is 0 Å². The van der Waals surface area contributed by atoms with Crippen LogP contribution in [0.15, 0.2) is 18.3 Å². The van der Waals surface area contributed by atoms with E-state index >= 15 is 0 Å². The minimum atomic E-state index is -0.228. The Morgan fingerprint density at radius 3 is 2.86 bits per heavy atom. The highest BCUT2D eigenvalue weighted by atomic mass is 15.4. The third kappa shape index (κ3) is 1.26. The van der Waals surface area contributed by atoms with Crippen LogP contribution in [0.5, 0.6) is 0 Å². The second-order valence-corrected chi connectivity index (χ2v) is 3.69. The summed E-state index contributed by atoms with van der Waals surface area (Å²) in [4.78, 5) is 0. The van der Waals surface area contributed by atoms with Crippen LogP contribution in [0.1, 0.15) is 19.7 Å². The van der Waals surface area contributed by atoms with E-state index in [1.54, 1.807) is 10.7 Å². The van der Waals surface area contributed by atoms with E-state index in [1.165, 1.54) is 0 Å². The monoisotopic (exact) mass is 191 g/mol. The Bertz CT molecular complexity index is 445. The molecule has 0 aliphatic heterocycles. The Hall–Kier alpha value is -1.49. The molecule has 0 fully saturated rings. The van der Waals surface area contributed by atoms with Gasteiger partial charge in [0.2, 0.25) is 0 Å². The van der Waals surface area contributed by atoms with Crippen molar-refractivity contribution < 1.29 is 0 Å². The van der Waals surface area contributed by atoms with Crippen molar-refractivity contribution in [3.63, 3.8) is 0 Å². The Labute approximate surface area is 82.2 Å². The number of nitrogens with zero attached hydrogens (tertiary/aromatic N) is 4. The molecule has 0 atom stereocenters. The molecule has 0 saturated carbocycles. The molecule has 0 aromatic carbocycles. The average Bonchev–Trinajstić information content (AvgIpc) is 2.61. The van der Waals surface area contributed by atoms with Crippen molar-refractivity contribution in [1.29, 1.82) is 0 Å². The zero-order chi connectivity index (χ0) is 10.2. The number of aromatic nitrogens is 4. The normalized spacial score (nSPS) is 12.2. The van der Waals surface area contributed by atoms with Crippen LogP contribution in [0.25, 0.3) is 5.65 Å². The minimum Gasteiger partial charge on any atom is -0.308 e. The predicted octanol–water partition coefficient (Wildman–Crippen LogP) is 0.579. The van der Waals surface area contributed by atoms with Crippen molar-refractivity contribution in [2.24, 2.45) is 0 Å². The number of fused-ring (bicyclic) bond motifs is 1. The first-order valence-corrected chi connectivity index (χ1v) is 4.51. The second-order valence-electron chi connectivity index (χ2n) is 3.69. The van der Waals surface area contributed by atoms with E-state index < -0.39 is 0 Å². The van der Waals surface area contributed by atoms with Crippen LogP contribution in [0, 0.1) is 0 Å². The van der Waals surface area contributed by atoms with Gasteiger partial charge in [0, 0.05) is 6.20 Å². The Kier molecular flexibility index (Phi) is 1.96. The lowest BCUT2D eigenvalue weighted by Crippen LogP contribution is -2.35. The third-order valence-electron chi connectivity index (χ3n) is 2.36. The molecule has 2 aromatic rings. The molecule has 0 aliphatic rings. The number of hydrogen-bond acceptors (Lipinski definition) is 4. The summed E-state index contributed by atoms with van der Waals surface area (Å²) in [6.07, 6.45) is 1.73. The lowest BCUT2D eigenvalue weighted by Gasteiger charge is -2.20. The largest absolute Gasteiger partial charge is 0.308 e. The topological polar surface area (TPSA) is 55.1 Å². The molecule has 0 amide bonds. The first-order valence-electron chi connectivity index (χ1n) is 4.51. The lowest BCUT2D eigenvalue weighted by molar-refractivity contribution is 0.407. The number of hydrogen-bond donors (Lipinski definition) is 1. The van der Waals surface area contributed by atoms with Crippen LogP contribution in [0.4, 0.5) is 0 Å². The Morgan fingerprint density at radius 2 is 2.14 bits per heavy atom. The van der Waals surface area contributed by atoms with E-state index in [9.17, 15) is 0 Å². The van der Waals surface area contributed by atoms with E-state index in [0.29, 0.717) is 0 Å². The van der Waals surface area contributed by atoms with Gasteiger partial charge in [0.05, 0.1) is 5.54 Å². The molecule has 5 nitrogen and oxygen atoms in total. The van der Waals surface area contributed by atoms with Crippen LogP contribution >= 0.6 is 0 Å². The number of rotatable bonds is 2. The molecule has 74 valence electrons. The first-order chi connectivity index (χ1) is 6.65. The van der Waals surface area contributed by atoms with Gasteiger partial charge in [0.15, 0.2) is 11.5 Å². The lowest BCUT2D eigenvalue weighted by atomic mass is 10.1. The molecular formula is C9H13N5. The van der Waals surface area contributed by atoms with Crippen LogP contribution in [-0.4, -0.2) is 26.9 Å². The van der Waals surface area contributed by atoms with Crippen molar-refractivity contribution in [3.05, 3.63) is 24.2 Å². The molecule has 0 spiro atoms. The standard InChI is InChI=1S/C9H13N5/c1-9(2,10-3)8-13-12-7-5-4-6-11-14(7)8/h4-6,10H,1-3H3. The molecule has 1 N–H and O–H groups in total. The summed E-state index contributed by atoms with van der Waals surface area (Å²) in [5.74, 6) is 0.815. The highest BCUT2D eigenvalue weighted by Gasteiger charge is 2.24. The van der Waals surface area contributed by atoms with Crippen molar-refractivity contribution >= 4 is 5.65 Å². The quantitative estimate of drug-likeness (QED) is 0.754. The fourth-order valence-corrected chi connectivity index (χ4v) is 1.25. The summed E-state index contributed by atoms with van der Waals surface area (Å²) in [6.45, 7) is 4.08. The van der Waals surface area contributed by atoms with Crippen LogP contribution in [-0.2, 0) is 5.54 Å². The van der Waals surface area contributed by atoms with Crippen molar-refractivity contribution in [3.8, 4) is 0 Å². The summed E-state index contributed by atoms with van der Waals surface area (Å²) in [5.41, 5.74) is 0.541. The molecule has 0 bridgehead atoms. The second kappa shape index (κ2) is 3.02. The molecule has 5 heteroatoms. The van der Waals surface area contributed by atoms with E-state index in [1.807, 2.05) is 33.0 Å². The SMILES string of the molecule is CNC(C)(C)c1nnc2cccnn12. The summed E-state index contributed by atoms with van der Waals surface area (Å²) in [5, 5.41) is 15.5. The third-order valence-corrected chi connectivity index (χ3v) is 2.36. The van der Waals surface area contributed by atoms with Gasteiger partial charge in [0.25, 0.3) is 0 Å². The van der Waals surface area contributed by atoms with Gasteiger partial charge in [0.1, 0.15) is 0 Å². The molecule has 2 aromatic heterocycles. The van der Waals surface area contributed by atoms with Crippen LogP contribution < -0.4 is 5.32 Å². The van der Waals surface area contributed by atoms with Gasteiger partial charge in [-0.3, -0.25) is 0 Å². The first kappa shape index (κ1) is 9.08. The van der Waals surface area contributed by atoms with E-state index in [0.717, 1.165) is 11.5 Å². The van der Waals surface area contributed by atoms with Gasteiger partial charge in [-0.2, -0.15) is 9.61 Å². The van der Waals surface area contributed by atoms with Gasteiger partial charge < -0.3 is 5.32 Å². The molecule has 2 heterocycles. The van der Waals surface area contributed by atoms with Crippen molar-refractivity contribution in [2.45, 2.75) is 19.4 Å². The van der Waals surface area contributed by atoms with E-state index in [4.69, 9.17) is 0 Å². The predicted molar refractivity (Wildman–Crippen MR) is 52.9 cm³/mol. The minimum absolute atomic E-state index is 0.228. The zero-order valence-corrected chi connectivity index (χ0v) is 8.52. The maximum Gasteiger partial charge on any atom is 0.177 e. The van der Waals surface area contributed by atoms with Gasteiger partial charge >= 0.3 is 0 Å². The molecule has 0 unspecified atom stereocenters. The van der Waals surface area contributed by atoms with Crippen LogP contribution in [0.2, 0.25) is 0 Å². The summed E-state index contributed by atoms with van der Waals surface area (Å²) >= 11 is 0. The fourth-order valence-electron chi connectivity index (χ4n) is 1.25. The summed E-state index contributed by atoms with van der Waals surface area (Å²) < 4.78 is 1.75. The average molecular weight is 191 g/mol. The molecule has 0 saturated heterocycles. The van der Waals surface area contributed by atoms with Crippen molar-refractivity contribution in [1.82, 2.24) is 25.1 Å².